The SMILES string of the molecule is O.O=C([O-])C(CC(=O)N1C[C@H]2CCCC[C@H]2C1)Cc1ccccc1.O=C([O-])C(CC(=O)N1C[C@H]2CCCC[C@H]2C1)Cc1ccccc1.[Ca+2]. The van der Waals surface area contributed by atoms with Crippen LogP contribution in [0.4, 0.5) is 0 Å². The molecule has 0 bridgehead atoms. The predicted molar refractivity (Wildman–Crippen MR) is 180 cm³/mol. The Kier molecular flexibility index (Phi) is 16.4. The van der Waals surface area contributed by atoms with E-state index in [2.05, 4.69) is 0 Å². The number of hydrogen-bond donors (Lipinski definition) is 0. The summed E-state index contributed by atoms with van der Waals surface area (Å²) in [4.78, 5) is 51.7. The second-order valence-corrected chi connectivity index (χ2v) is 14.0. The molecule has 0 radical (unpaired) electrons. The summed E-state index contributed by atoms with van der Waals surface area (Å²) in [7, 11) is 0. The average molecular weight is 687 g/mol. The van der Waals surface area contributed by atoms with Gasteiger partial charge in [-0.2, -0.15) is 0 Å². The Balaban J connectivity index is 0.000000250. The van der Waals surface area contributed by atoms with Gasteiger partial charge in [-0.15, -0.1) is 0 Å². The van der Waals surface area contributed by atoms with Crippen molar-refractivity contribution in [3.05, 3.63) is 71.8 Å². The van der Waals surface area contributed by atoms with E-state index >= 15 is 0 Å². The van der Waals surface area contributed by atoms with E-state index in [-0.39, 0.29) is 67.9 Å². The quantitative estimate of drug-likeness (QED) is 0.349. The van der Waals surface area contributed by atoms with Crippen LogP contribution in [0.15, 0.2) is 60.7 Å². The van der Waals surface area contributed by atoms with Gasteiger partial charge in [0.25, 0.3) is 0 Å². The number of fused-ring (bicyclic) bond motifs is 2. The Morgan fingerprint density at radius 3 is 1.12 bits per heavy atom. The van der Waals surface area contributed by atoms with E-state index in [4.69, 9.17) is 0 Å². The molecule has 2 unspecified atom stereocenters. The standard InChI is InChI=1S/2C19H25NO3.Ca.H2O/c2*21-18(20-12-15-8-4-5-9-16(15)13-20)11-17(19(22)23)10-14-6-2-1-3-7-14;;/h2*1-3,6-7,15-17H,4-5,8-13H2,(H,22,23);;1H2/q;;+2;/p-2/t2*15-,16+,17?;;. The van der Waals surface area contributed by atoms with E-state index in [1.165, 1.54) is 51.4 Å². The minimum absolute atomic E-state index is 0. The number of carboxylic acid groups (broad SMARTS) is 2. The van der Waals surface area contributed by atoms with Crippen molar-refractivity contribution >= 4 is 61.5 Å². The molecule has 256 valence electrons. The fourth-order valence-corrected chi connectivity index (χ4v) is 8.17. The molecule has 0 aromatic heterocycles. The summed E-state index contributed by atoms with van der Waals surface area (Å²) in [6, 6.07) is 18.9. The van der Waals surface area contributed by atoms with E-state index in [1.54, 1.807) is 0 Å². The normalized spacial score (nSPS) is 23.9. The molecule has 10 heteroatoms. The minimum atomic E-state index is -1.13. The number of aliphatic carboxylic acids is 2. The number of rotatable bonds is 10. The molecule has 0 spiro atoms. The van der Waals surface area contributed by atoms with Gasteiger partial charge in [0.05, 0.1) is 0 Å². The van der Waals surface area contributed by atoms with E-state index < -0.39 is 23.8 Å². The van der Waals surface area contributed by atoms with E-state index in [9.17, 15) is 29.4 Å². The average Bonchev–Trinajstić information content (AvgIpc) is 3.70. The van der Waals surface area contributed by atoms with Gasteiger partial charge in [0, 0.05) is 62.8 Å². The van der Waals surface area contributed by atoms with Crippen molar-refractivity contribution < 1.29 is 34.9 Å². The molecule has 2 saturated heterocycles. The monoisotopic (exact) mass is 686 g/mol. The summed E-state index contributed by atoms with van der Waals surface area (Å²) >= 11 is 0. The number of amides is 2. The fraction of sp³-hybridized carbons (Fsp3) is 0.579. The molecular formula is C38H50CaN2O7. The first-order valence-electron chi connectivity index (χ1n) is 17.3. The fourth-order valence-electron chi connectivity index (χ4n) is 8.17. The minimum Gasteiger partial charge on any atom is -0.550 e. The van der Waals surface area contributed by atoms with Crippen LogP contribution in [-0.2, 0) is 32.0 Å². The third-order valence-electron chi connectivity index (χ3n) is 10.8. The molecule has 2 aromatic rings. The molecule has 48 heavy (non-hydrogen) atoms. The molecular weight excluding hydrogens is 637 g/mol. The Hall–Kier alpha value is -2.46. The van der Waals surface area contributed by atoms with Gasteiger partial charge in [0.2, 0.25) is 11.8 Å². The van der Waals surface area contributed by atoms with Crippen LogP contribution in [0, 0.1) is 35.5 Å². The largest absolute Gasteiger partial charge is 2.00 e. The second-order valence-electron chi connectivity index (χ2n) is 14.0. The Morgan fingerprint density at radius 1 is 0.562 bits per heavy atom. The van der Waals surface area contributed by atoms with Crippen LogP contribution >= 0.6 is 0 Å². The molecule has 2 aliphatic carbocycles. The first-order valence-corrected chi connectivity index (χ1v) is 17.3. The molecule has 4 aliphatic rings. The summed E-state index contributed by atoms with van der Waals surface area (Å²) in [6.07, 6.45) is 10.7. The zero-order valence-corrected chi connectivity index (χ0v) is 30.3. The Bertz CT molecular complexity index is 1200. The van der Waals surface area contributed by atoms with Crippen LogP contribution in [-0.4, -0.2) is 103 Å². The molecule has 6 atom stereocenters. The van der Waals surface area contributed by atoms with E-state index in [0.717, 1.165) is 37.3 Å². The molecule has 2 aromatic carbocycles. The number of hydrogen-bond acceptors (Lipinski definition) is 6. The number of carbonyl (C=O) groups is 4. The molecule has 2 amide bonds. The van der Waals surface area contributed by atoms with Crippen LogP contribution in [0.2, 0.25) is 0 Å². The maximum absolute atomic E-state index is 12.5. The Labute approximate surface area is 314 Å². The van der Waals surface area contributed by atoms with Crippen molar-refractivity contribution in [1.29, 1.82) is 0 Å². The molecule has 2 saturated carbocycles. The van der Waals surface area contributed by atoms with Crippen molar-refractivity contribution in [3.8, 4) is 0 Å². The van der Waals surface area contributed by atoms with Crippen LogP contribution in [0.1, 0.15) is 75.3 Å². The number of carboxylic acids is 2. The zero-order chi connectivity index (χ0) is 32.5. The van der Waals surface area contributed by atoms with Crippen LogP contribution in [0.25, 0.3) is 0 Å². The zero-order valence-electron chi connectivity index (χ0n) is 28.1. The predicted octanol–water partition coefficient (Wildman–Crippen LogP) is 2.06. The smallest absolute Gasteiger partial charge is 0.550 e. The van der Waals surface area contributed by atoms with Gasteiger partial charge in [0.1, 0.15) is 0 Å². The van der Waals surface area contributed by atoms with Crippen LogP contribution < -0.4 is 10.2 Å². The third-order valence-corrected chi connectivity index (χ3v) is 10.8. The van der Waals surface area contributed by atoms with E-state index in [1.807, 2.05) is 70.5 Å². The maximum Gasteiger partial charge on any atom is 2.00 e. The maximum atomic E-state index is 12.5. The van der Waals surface area contributed by atoms with Gasteiger partial charge in [-0.1, -0.05) is 86.3 Å². The number of benzene rings is 2. The molecule has 9 nitrogen and oxygen atoms in total. The van der Waals surface area contributed by atoms with Crippen molar-refractivity contribution in [2.24, 2.45) is 35.5 Å². The Morgan fingerprint density at radius 2 is 0.854 bits per heavy atom. The summed E-state index contributed by atoms with van der Waals surface area (Å²) in [5.41, 5.74) is 1.87. The molecule has 2 N–H and O–H groups in total. The first kappa shape index (κ1) is 40.0. The summed E-state index contributed by atoms with van der Waals surface area (Å²) in [6.45, 7) is 3.26. The van der Waals surface area contributed by atoms with Crippen molar-refractivity contribution in [3.63, 3.8) is 0 Å². The van der Waals surface area contributed by atoms with Crippen molar-refractivity contribution in [1.82, 2.24) is 9.80 Å². The van der Waals surface area contributed by atoms with E-state index in [0.29, 0.717) is 36.5 Å². The topological polar surface area (TPSA) is 152 Å². The summed E-state index contributed by atoms with van der Waals surface area (Å²) in [5.74, 6) is -1.27. The van der Waals surface area contributed by atoms with Gasteiger partial charge < -0.3 is 35.1 Å². The van der Waals surface area contributed by atoms with Gasteiger partial charge in [-0.05, 0) is 73.3 Å². The van der Waals surface area contributed by atoms with Gasteiger partial charge in [0.15, 0.2) is 0 Å². The number of likely N-dealkylation sites (tertiary alicyclic amines) is 2. The first-order chi connectivity index (χ1) is 22.3. The number of carbonyl (C=O) groups excluding carboxylic acids is 4. The van der Waals surface area contributed by atoms with Crippen molar-refractivity contribution in [2.45, 2.75) is 77.0 Å². The van der Waals surface area contributed by atoms with Gasteiger partial charge >= 0.3 is 37.7 Å². The van der Waals surface area contributed by atoms with Crippen LogP contribution in [0.5, 0.6) is 0 Å². The molecule has 4 fully saturated rings. The molecule has 6 rings (SSSR count). The van der Waals surface area contributed by atoms with Crippen LogP contribution in [0.3, 0.4) is 0 Å². The number of nitrogens with zero attached hydrogens (tertiary/aromatic N) is 2. The van der Waals surface area contributed by atoms with Gasteiger partial charge in [-0.3, -0.25) is 9.59 Å². The summed E-state index contributed by atoms with van der Waals surface area (Å²) < 4.78 is 0. The second kappa shape index (κ2) is 19.7. The summed E-state index contributed by atoms with van der Waals surface area (Å²) in [5, 5.41) is 22.8. The van der Waals surface area contributed by atoms with Gasteiger partial charge in [-0.25, -0.2) is 0 Å². The van der Waals surface area contributed by atoms with Crippen molar-refractivity contribution in [2.75, 3.05) is 26.2 Å². The molecule has 2 heterocycles. The molecule has 2 aliphatic heterocycles. The third kappa shape index (κ3) is 11.3.